The number of nitrogens with one attached hydrogen (secondary N) is 1. The molecule has 2 rings (SSSR count). The molecule has 0 unspecified atom stereocenters. The lowest BCUT2D eigenvalue weighted by atomic mass is 10.3. The van der Waals surface area contributed by atoms with Gasteiger partial charge in [-0.1, -0.05) is 0 Å². The average Bonchev–Trinajstić information content (AvgIpc) is 2.82. The Morgan fingerprint density at radius 1 is 1.21 bits per heavy atom. The Labute approximate surface area is 79.9 Å². The van der Waals surface area contributed by atoms with E-state index in [1.165, 1.54) is 0 Å². The first kappa shape index (κ1) is 9.12. The van der Waals surface area contributed by atoms with E-state index in [0.717, 1.165) is 31.0 Å². The van der Waals surface area contributed by atoms with Crippen molar-refractivity contribution < 1.29 is 13.6 Å². The van der Waals surface area contributed by atoms with Crippen molar-refractivity contribution in [2.24, 2.45) is 5.92 Å². The third-order valence-electron chi connectivity index (χ3n) is 2.08. The highest BCUT2D eigenvalue weighted by Crippen LogP contribution is 2.30. The zero-order chi connectivity index (χ0) is 10.1. The van der Waals surface area contributed by atoms with Crippen LogP contribution in [-0.4, -0.2) is 5.91 Å². The van der Waals surface area contributed by atoms with E-state index >= 15 is 0 Å². The van der Waals surface area contributed by atoms with Gasteiger partial charge in [-0.15, -0.1) is 0 Å². The van der Waals surface area contributed by atoms with Gasteiger partial charge < -0.3 is 5.32 Å². The van der Waals surface area contributed by atoms with Crippen molar-refractivity contribution in [1.29, 1.82) is 0 Å². The second-order valence-electron chi connectivity index (χ2n) is 3.42. The molecule has 1 amide bonds. The number of benzene rings is 1. The summed E-state index contributed by atoms with van der Waals surface area (Å²) in [6, 6.07) is 2.97. The highest BCUT2D eigenvalue weighted by molar-refractivity contribution is 5.93. The van der Waals surface area contributed by atoms with E-state index in [0.29, 0.717) is 0 Å². The maximum Gasteiger partial charge on any atom is 0.227 e. The fourth-order valence-corrected chi connectivity index (χ4v) is 1.22. The Morgan fingerprint density at radius 3 is 2.29 bits per heavy atom. The second kappa shape index (κ2) is 3.36. The molecule has 0 aromatic heterocycles. The SMILES string of the molecule is O=C(Nc1cc(F)cc(F)c1)C1CC1. The van der Waals surface area contributed by atoms with Crippen LogP contribution in [0.15, 0.2) is 18.2 Å². The predicted octanol–water partition coefficient (Wildman–Crippen LogP) is 2.31. The summed E-state index contributed by atoms with van der Waals surface area (Å²) >= 11 is 0. The molecule has 0 atom stereocenters. The summed E-state index contributed by atoms with van der Waals surface area (Å²) in [5, 5.41) is 2.47. The van der Waals surface area contributed by atoms with Crippen LogP contribution in [0.1, 0.15) is 12.8 Å². The van der Waals surface area contributed by atoms with Crippen molar-refractivity contribution >= 4 is 11.6 Å². The van der Waals surface area contributed by atoms with Crippen molar-refractivity contribution in [3.05, 3.63) is 29.8 Å². The van der Waals surface area contributed by atoms with Gasteiger partial charge in [-0.05, 0) is 25.0 Å². The summed E-state index contributed by atoms with van der Waals surface area (Å²) in [6.45, 7) is 0. The van der Waals surface area contributed by atoms with E-state index in [-0.39, 0.29) is 17.5 Å². The molecule has 1 aliphatic carbocycles. The highest BCUT2D eigenvalue weighted by Gasteiger charge is 2.29. The van der Waals surface area contributed by atoms with E-state index < -0.39 is 11.6 Å². The molecule has 0 saturated heterocycles. The first-order chi connectivity index (χ1) is 6.65. The molecule has 0 bridgehead atoms. The largest absolute Gasteiger partial charge is 0.326 e. The standard InChI is InChI=1S/C10H9F2NO/c11-7-3-8(12)5-9(4-7)13-10(14)6-1-2-6/h3-6H,1-2H2,(H,13,14). The van der Waals surface area contributed by atoms with E-state index in [1.54, 1.807) is 0 Å². The molecule has 74 valence electrons. The monoisotopic (exact) mass is 197 g/mol. The molecular formula is C10H9F2NO. The van der Waals surface area contributed by atoms with Crippen molar-refractivity contribution in [3.8, 4) is 0 Å². The van der Waals surface area contributed by atoms with Gasteiger partial charge in [0.25, 0.3) is 0 Å². The fraction of sp³-hybridized carbons (Fsp3) is 0.300. The van der Waals surface area contributed by atoms with Crippen LogP contribution in [0, 0.1) is 17.6 Å². The molecule has 1 fully saturated rings. The van der Waals surface area contributed by atoms with Crippen molar-refractivity contribution in [3.63, 3.8) is 0 Å². The van der Waals surface area contributed by atoms with Gasteiger partial charge in [0.05, 0.1) is 0 Å². The molecule has 0 spiro atoms. The Bertz CT molecular complexity index is 354. The zero-order valence-electron chi connectivity index (χ0n) is 7.39. The minimum Gasteiger partial charge on any atom is -0.326 e. The van der Waals surface area contributed by atoms with E-state index in [9.17, 15) is 13.6 Å². The molecule has 14 heavy (non-hydrogen) atoms. The summed E-state index contributed by atoms with van der Waals surface area (Å²) in [4.78, 5) is 11.2. The predicted molar refractivity (Wildman–Crippen MR) is 47.7 cm³/mol. The van der Waals surface area contributed by atoms with E-state index in [1.807, 2.05) is 0 Å². The van der Waals surface area contributed by atoms with Crippen LogP contribution in [0.5, 0.6) is 0 Å². The fourth-order valence-electron chi connectivity index (χ4n) is 1.22. The van der Waals surface area contributed by atoms with Crippen LogP contribution in [-0.2, 0) is 4.79 Å². The Balaban J connectivity index is 2.11. The summed E-state index contributed by atoms with van der Waals surface area (Å²) in [5.41, 5.74) is 0.180. The number of halogens is 2. The van der Waals surface area contributed by atoms with Crippen LogP contribution in [0.3, 0.4) is 0 Å². The lowest BCUT2D eigenvalue weighted by molar-refractivity contribution is -0.117. The molecule has 0 heterocycles. The average molecular weight is 197 g/mol. The summed E-state index contributed by atoms with van der Waals surface area (Å²) in [5.74, 6) is -1.50. The second-order valence-corrected chi connectivity index (χ2v) is 3.42. The molecule has 0 radical (unpaired) electrons. The number of carbonyl (C=O) groups is 1. The third-order valence-corrected chi connectivity index (χ3v) is 2.08. The molecule has 1 aromatic rings. The molecule has 4 heteroatoms. The summed E-state index contributed by atoms with van der Waals surface area (Å²) in [7, 11) is 0. The number of anilines is 1. The van der Waals surface area contributed by atoms with E-state index in [2.05, 4.69) is 5.32 Å². The minimum atomic E-state index is -0.684. The van der Waals surface area contributed by atoms with Crippen LogP contribution in [0.2, 0.25) is 0 Å². The number of amides is 1. The van der Waals surface area contributed by atoms with Crippen LogP contribution < -0.4 is 5.32 Å². The molecule has 1 saturated carbocycles. The number of carbonyl (C=O) groups excluding carboxylic acids is 1. The van der Waals surface area contributed by atoms with Crippen LogP contribution >= 0.6 is 0 Å². The molecular weight excluding hydrogens is 188 g/mol. The van der Waals surface area contributed by atoms with Gasteiger partial charge in [-0.3, -0.25) is 4.79 Å². The van der Waals surface area contributed by atoms with Gasteiger partial charge in [0.1, 0.15) is 11.6 Å². The van der Waals surface area contributed by atoms with Gasteiger partial charge in [-0.25, -0.2) is 8.78 Å². The van der Waals surface area contributed by atoms with E-state index in [4.69, 9.17) is 0 Å². The first-order valence-electron chi connectivity index (χ1n) is 4.42. The van der Waals surface area contributed by atoms with Gasteiger partial charge >= 0.3 is 0 Å². The Kier molecular flexibility index (Phi) is 2.19. The smallest absolute Gasteiger partial charge is 0.227 e. The maximum atomic E-state index is 12.7. The molecule has 0 aliphatic heterocycles. The molecule has 1 N–H and O–H groups in total. The van der Waals surface area contributed by atoms with Gasteiger partial charge in [0.2, 0.25) is 5.91 Å². The van der Waals surface area contributed by atoms with Crippen molar-refractivity contribution in [2.75, 3.05) is 5.32 Å². The van der Waals surface area contributed by atoms with Gasteiger partial charge in [0, 0.05) is 17.7 Å². The zero-order valence-corrected chi connectivity index (χ0v) is 7.39. The number of rotatable bonds is 2. The van der Waals surface area contributed by atoms with Crippen molar-refractivity contribution in [2.45, 2.75) is 12.8 Å². The Morgan fingerprint density at radius 2 is 1.79 bits per heavy atom. The highest BCUT2D eigenvalue weighted by atomic mass is 19.1. The van der Waals surface area contributed by atoms with Gasteiger partial charge in [0.15, 0.2) is 0 Å². The van der Waals surface area contributed by atoms with Crippen molar-refractivity contribution in [1.82, 2.24) is 0 Å². The summed E-state index contributed by atoms with van der Waals surface area (Å²) < 4.78 is 25.4. The lowest BCUT2D eigenvalue weighted by Crippen LogP contribution is -2.13. The number of hydrogen-bond acceptors (Lipinski definition) is 1. The topological polar surface area (TPSA) is 29.1 Å². The molecule has 1 aromatic carbocycles. The minimum absolute atomic E-state index is 0.0290. The lowest BCUT2D eigenvalue weighted by Gasteiger charge is -2.03. The number of hydrogen-bond donors (Lipinski definition) is 1. The normalized spacial score (nSPS) is 15.3. The quantitative estimate of drug-likeness (QED) is 0.774. The summed E-state index contributed by atoms with van der Waals surface area (Å²) in [6.07, 6.45) is 1.73. The maximum absolute atomic E-state index is 12.7. The van der Waals surface area contributed by atoms with Gasteiger partial charge in [-0.2, -0.15) is 0 Å². The molecule has 2 nitrogen and oxygen atoms in total. The molecule has 1 aliphatic rings. The third kappa shape index (κ3) is 2.07. The van der Waals surface area contributed by atoms with Crippen LogP contribution in [0.4, 0.5) is 14.5 Å². The van der Waals surface area contributed by atoms with Crippen LogP contribution in [0.25, 0.3) is 0 Å². The first-order valence-corrected chi connectivity index (χ1v) is 4.42. The Hall–Kier alpha value is -1.45.